The minimum atomic E-state index is -0.443. The number of hydrogen-bond acceptors (Lipinski definition) is 5. The van der Waals surface area contributed by atoms with Gasteiger partial charge in [0.25, 0.3) is 5.91 Å². The molecule has 0 unspecified atom stereocenters. The van der Waals surface area contributed by atoms with E-state index in [2.05, 4.69) is 15.0 Å². The fourth-order valence-electron chi connectivity index (χ4n) is 3.91. The molecule has 0 bridgehead atoms. The summed E-state index contributed by atoms with van der Waals surface area (Å²) in [5.41, 5.74) is 9.06. The number of aryl methyl sites for hydroxylation is 1. The second-order valence-electron chi connectivity index (χ2n) is 6.84. The summed E-state index contributed by atoms with van der Waals surface area (Å²) in [5, 5.41) is 5.05. The van der Waals surface area contributed by atoms with Gasteiger partial charge in [0.1, 0.15) is 5.82 Å². The molecule has 3 heterocycles. The average Bonchev–Trinajstić information content (AvgIpc) is 3.10. The summed E-state index contributed by atoms with van der Waals surface area (Å²) in [6.07, 6.45) is 4.11. The van der Waals surface area contributed by atoms with Crippen LogP contribution < -0.4 is 10.6 Å². The molecular formula is C20H25Cl2FN4O3. The number of hydrogen-bond donors (Lipinski definition) is 1. The number of aromatic nitrogens is 2. The molecule has 1 aromatic carbocycles. The summed E-state index contributed by atoms with van der Waals surface area (Å²) in [5.74, 6) is -0.539. The van der Waals surface area contributed by atoms with Crippen LogP contribution in [0.5, 0.6) is 0 Å². The van der Waals surface area contributed by atoms with Crippen molar-refractivity contribution in [1.29, 1.82) is 0 Å². The molecule has 0 spiro atoms. The minimum Gasteiger partial charge on any atom is -0.412 e. The lowest BCUT2D eigenvalue weighted by Crippen LogP contribution is -2.35. The van der Waals surface area contributed by atoms with Gasteiger partial charge in [-0.2, -0.15) is 0 Å². The average molecular weight is 459 g/mol. The predicted octanol–water partition coefficient (Wildman–Crippen LogP) is 3.43. The Morgan fingerprint density at radius 1 is 1.27 bits per heavy atom. The maximum atomic E-state index is 13.4. The zero-order chi connectivity index (χ0) is 19.0. The van der Waals surface area contributed by atoms with Crippen molar-refractivity contribution >= 4 is 47.4 Å². The lowest BCUT2D eigenvalue weighted by molar-refractivity contribution is 0.0999. The van der Waals surface area contributed by atoms with Crippen molar-refractivity contribution < 1.29 is 19.2 Å². The molecule has 1 aliphatic heterocycles. The van der Waals surface area contributed by atoms with Gasteiger partial charge < -0.3 is 20.6 Å². The third-order valence-corrected chi connectivity index (χ3v) is 5.27. The number of piperidine rings is 1. The zero-order valence-electron chi connectivity index (χ0n) is 16.4. The quantitative estimate of drug-likeness (QED) is 0.642. The van der Waals surface area contributed by atoms with Gasteiger partial charge in [-0.15, -0.1) is 24.8 Å². The number of fused-ring (bicyclic) bond motifs is 1. The van der Waals surface area contributed by atoms with Gasteiger partial charge in [0.2, 0.25) is 0 Å². The van der Waals surface area contributed by atoms with Crippen molar-refractivity contribution in [3.8, 4) is 0 Å². The molecule has 4 rings (SSSR count). The van der Waals surface area contributed by atoms with E-state index in [4.69, 9.17) is 10.3 Å². The molecule has 3 aromatic rings. The van der Waals surface area contributed by atoms with Gasteiger partial charge in [0.15, 0.2) is 5.58 Å². The van der Waals surface area contributed by atoms with Crippen LogP contribution in [0.3, 0.4) is 0 Å². The molecule has 1 saturated heterocycles. The normalized spacial score (nSPS) is 13.9. The molecule has 164 valence electrons. The van der Waals surface area contributed by atoms with Gasteiger partial charge in [0.05, 0.1) is 22.6 Å². The molecule has 0 radical (unpaired) electrons. The molecule has 2 aromatic heterocycles. The number of amides is 1. The summed E-state index contributed by atoms with van der Waals surface area (Å²) >= 11 is 0. The number of nitrogens with two attached hydrogens (primary N) is 1. The summed E-state index contributed by atoms with van der Waals surface area (Å²) in [6.45, 7) is 3.50. The topological polar surface area (TPSA) is 117 Å². The molecular weight excluding hydrogens is 434 g/mol. The van der Waals surface area contributed by atoms with Crippen LogP contribution in [0.2, 0.25) is 0 Å². The van der Waals surface area contributed by atoms with E-state index < -0.39 is 5.91 Å². The van der Waals surface area contributed by atoms with Crippen LogP contribution >= 0.6 is 24.8 Å². The van der Waals surface area contributed by atoms with E-state index in [1.165, 1.54) is 12.1 Å². The smallest absolute Gasteiger partial charge is 0.252 e. The maximum absolute atomic E-state index is 13.4. The van der Waals surface area contributed by atoms with Crippen LogP contribution in [0.25, 0.3) is 11.0 Å². The Hall–Kier alpha value is -2.42. The van der Waals surface area contributed by atoms with Gasteiger partial charge in [-0.05, 0) is 37.5 Å². The molecule has 0 aliphatic carbocycles. The molecule has 1 aliphatic rings. The van der Waals surface area contributed by atoms with Crippen molar-refractivity contribution in [3.63, 3.8) is 0 Å². The molecule has 0 atom stereocenters. The highest BCUT2D eigenvalue weighted by Gasteiger charge is 2.27. The highest BCUT2D eigenvalue weighted by molar-refractivity contribution is 5.99. The molecule has 7 nitrogen and oxygen atoms in total. The first-order chi connectivity index (χ1) is 13.1. The van der Waals surface area contributed by atoms with Gasteiger partial charge >= 0.3 is 0 Å². The van der Waals surface area contributed by atoms with Crippen molar-refractivity contribution in [1.82, 2.24) is 10.1 Å². The van der Waals surface area contributed by atoms with E-state index >= 15 is 0 Å². The highest BCUT2D eigenvalue weighted by atomic mass is 35.5. The Labute approximate surface area is 185 Å². The maximum Gasteiger partial charge on any atom is 0.252 e. The summed E-state index contributed by atoms with van der Waals surface area (Å²) in [4.78, 5) is 18.4. The fourth-order valence-corrected chi connectivity index (χ4v) is 3.91. The van der Waals surface area contributed by atoms with Crippen LogP contribution in [0.15, 0.2) is 35.0 Å². The molecule has 0 saturated carbocycles. The Morgan fingerprint density at radius 2 is 1.97 bits per heavy atom. The first-order valence-electron chi connectivity index (χ1n) is 9.16. The first-order valence-corrected chi connectivity index (χ1v) is 9.16. The van der Waals surface area contributed by atoms with E-state index in [1.807, 2.05) is 13.0 Å². The standard InChI is InChI=1S/C20H21FN4O2.2ClH.H2O/c1-2-15-18(20(22)26)16(5-8-23-15)25-9-6-12(7-10-25)19-14-4-3-13(21)11-17(14)27-24-19;;;/h3-5,8,11-12H,2,6-7,9-10H2,1H3,(H2,22,26);2*1H;1H2. The van der Waals surface area contributed by atoms with Crippen LogP contribution in [0.4, 0.5) is 10.1 Å². The monoisotopic (exact) mass is 458 g/mol. The van der Waals surface area contributed by atoms with Gasteiger partial charge in [-0.1, -0.05) is 12.1 Å². The number of rotatable bonds is 4. The predicted molar refractivity (Wildman–Crippen MR) is 118 cm³/mol. The minimum absolute atomic E-state index is 0. The highest BCUT2D eigenvalue weighted by Crippen LogP contribution is 2.35. The third-order valence-electron chi connectivity index (χ3n) is 5.27. The van der Waals surface area contributed by atoms with Crippen LogP contribution in [0.1, 0.15) is 47.4 Å². The Morgan fingerprint density at radius 3 is 2.60 bits per heavy atom. The van der Waals surface area contributed by atoms with Crippen LogP contribution in [-0.2, 0) is 6.42 Å². The van der Waals surface area contributed by atoms with Crippen molar-refractivity contribution in [2.24, 2.45) is 5.73 Å². The number of anilines is 1. The molecule has 1 amide bonds. The SMILES string of the molecule is CCc1nccc(N2CCC(c3noc4cc(F)ccc34)CC2)c1C(N)=O.Cl.Cl.O. The first kappa shape index (κ1) is 25.6. The molecule has 30 heavy (non-hydrogen) atoms. The van der Waals surface area contributed by atoms with Gasteiger partial charge in [-0.3, -0.25) is 9.78 Å². The van der Waals surface area contributed by atoms with Gasteiger partial charge in [0, 0.05) is 36.7 Å². The van der Waals surface area contributed by atoms with Crippen molar-refractivity contribution in [2.75, 3.05) is 18.0 Å². The van der Waals surface area contributed by atoms with Crippen molar-refractivity contribution in [2.45, 2.75) is 32.1 Å². The number of carbonyl (C=O) groups excluding carboxylic acids is 1. The molecule has 1 fully saturated rings. The van der Waals surface area contributed by atoms with E-state index in [0.29, 0.717) is 17.6 Å². The summed E-state index contributed by atoms with van der Waals surface area (Å²) in [6, 6.07) is 6.38. The molecule has 10 heteroatoms. The lowest BCUT2D eigenvalue weighted by Gasteiger charge is -2.34. The fraction of sp³-hybridized carbons (Fsp3) is 0.350. The molecule has 4 N–H and O–H groups in total. The Balaban J connectivity index is 0.00000150. The van der Waals surface area contributed by atoms with Crippen LogP contribution in [0, 0.1) is 5.82 Å². The number of carbonyl (C=O) groups is 1. The second kappa shape index (κ2) is 10.6. The van der Waals surface area contributed by atoms with E-state index in [1.54, 1.807) is 12.3 Å². The number of halogens is 3. The van der Waals surface area contributed by atoms with E-state index in [9.17, 15) is 9.18 Å². The lowest BCUT2D eigenvalue weighted by atomic mass is 9.91. The number of benzene rings is 1. The largest absolute Gasteiger partial charge is 0.412 e. The van der Waals surface area contributed by atoms with Crippen molar-refractivity contribution in [3.05, 3.63) is 53.2 Å². The Bertz CT molecular complexity index is 1010. The summed E-state index contributed by atoms with van der Waals surface area (Å²) in [7, 11) is 0. The third kappa shape index (κ3) is 4.66. The Kier molecular flexibility index (Phi) is 9.02. The number of nitrogens with zero attached hydrogens (tertiary/aromatic N) is 3. The number of pyridine rings is 1. The van der Waals surface area contributed by atoms with E-state index in [-0.39, 0.29) is 42.0 Å². The van der Waals surface area contributed by atoms with E-state index in [0.717, 1.165) is 48.4 Å². The van der Waals surface area contributed by atoms with Crippen LogP contribution in [-0.4, -0.2) is 34.6 Å². The number of primary amides is 1. The second-order valence-corrected chi connectivity index (χ2v) is 6.84. The zero-order valence-corrected chi connectivity index (χ0v) is 18.1. The summed E-state index contributed by atoms with van der Waals surface area (Å²) < 4.78 is 18.7. The van der Waals surface area contributed by atoms with Gasteiger partial charge in [-0.25, -0.2) is 4.39 Å².